The van der Waals surface area contributed by atoms with Gasteiger partial charge in [0, 0.05) is 13.0 Å². The Morgan fingerprint density at radius 3 is 2.68 bits per heavy atom. The van der Waals surface area contributed by atoms with E-state index in [1.165, 1.54) is 0 Å². The summed E-state index contributed by atoms with van der Waals surface area (Å²) in [4.78, 5) is 22.2. The van der Waals surface area contributed by atoms with Crippen LogP contribution in [0, 0.1) is 5.92 Å². The quantitative estimate of drug-likeness (QED) is 0.782. The molecule has 0 aliphatic rings. The molecule has 0 saturated carbocycles. The molecule has 1 atom stereocenters. The summed E-state index contributed by atoms with van der Waals surface area (Å²) in [6.07, 6.45) is 0.879. The number of aryl methyl sites for hydroxylation is 1. The van der Waals surface area contributed by atoms with Crippen molar-refractivity contribution in [2.24, 2.45) is 5.92 Å². The number of aliphatic carboxylic acids is 1. The van der Waals surface area contributed by atoms with Gasteiger partial charge in [-0.05, 0) is 18.1 Å². The fraction of sp³-hybridized carbons (Fsp3) is 0.429. The lowest BCUT2D eigenvalue weighted by molar-refractivity contribution is -0.141. The molecule has 1 unspecified atom stereocenters. The molecule has 0 aliphatic carbocycles. The van der Waals surface area contributed by atoms with Crippen LogP contribution in [0.25, 0.3) is 0 Å². The first-order chi connectivity index (χ1) is 9.04. The molecule has 0 spiro atoms. The average Bonchev–Trinajstić information content (AvgIpc) is 2.42. The Balaban J connectivity index is 2.40. The zero-order chi connectivity index (χ0) is 14.3. The van der Waals surface area contributed by atoms with Crippen LogP contribution < -0.4 is 10.1 Å². The van der Waals surface area contributed by atoms with Crippen LogP contribution in [0.2, 0.25) is 0 Å². The lowest BCUT2D eigenvalue weighted by atomic mass is 10.1. The maximum absolute atomic E-state index is 11.6. The first-order valence-corrected chi connectivity index (χ1v) is 6.16. The minimum Gasteiger partial charge on any atom is -0.496 e. The Morgan fingerprint density at radius 2 is 2.05 bits per heavy atom. The second-order valence-electron chi connectivity index (χ2n) is 4.36. The summed E-state index contributed by atoms with van der Waals surface area (Å²) < 4.78 is 5.20. The number of nitrogens with one attached hydrogen (secondary N) is 1. The van der Waals surface area contributed by atoms with Crippen molar-refractivity contribution in [3.63, 3.8) is 0 Å². The van der Waals surface area contributed by atoms with E-state index in [9.17, 15) is 9.59 Å². The summed E-state index contributed by atoms with van der Waals surface area (Å²) in [5.74, 6) is -0.881. The van der Waals surface area contributed by atoms with E-state index >= 15 is 0 Å². The van der Waals surface area contributed by atoms with Gasteiger partial charge in [0.05, 0.1) is 13.0 Å². The van der Waals surface area contributed by atoms with E-state index in [1.807, 2.05) is 24.3 Å². The zero-order valence-electron chi connectivity index (χ0n) is 11.2. The van der Waals surface area contributed by atoms with E-state index < -0.39 is 11.9 Å². The molecule has 5 nitrogen and oxygen atoms in total. The molecule has 5 heteroatoms. The van der Waals surface area contributed by atoms with Crippen molar-refractivity contribution in [2.75, 3.05) is 13.7 Å². The number of methoxy groups -OCH3 is 1. The second-order valence-corrected chi connectivity index (χ2v) is 4.36. The number of benzene rings is 1. The SMILES string of the molecule is COc1ccccc1CCC(=O)NCC(C)C(=O)O. The van der Waals surface area contributed by atoms with Gasteiger partial charge >= 0.3 is 5.97 Å². The molecule has 0 saturated heterocycles. The Kier molecular flexibility index (Phi) is 5.85. The third kappa shape index (κ3) is 4.99. The number of para-hydroxylation sites is 1. The number of carboxylic acids is 1. The lowest BCUT2D eigenvalue weighted by Crippen LogP contribution is -2.31. The van der Waals surface area contributed by atoms with Crippen LogP contribution in [0.5, 0.6) is 5.75 Å². The van der Waals surface area contributed by atoms with Gasteiger partial charge in [-0.1, -0.05) is 25.1 Å². The predicted octanol–water partition coefficient (Wildman–Crippen LogP) is 1.46. The molecule has 0 bridgehead atoms. The van der Waals surface area contributed by atoms with Gasteiger partial charge in [0.1, 0.15) is 5.75 Å². The number of amides is 1. The average molecular weight is 265 g/mol. The van der Waals surface area contributed by atoms with Crippen molar-refractivity contribution in [2.45, 2.75) is 19.8 Å². The van der Waals surface area contributed by atoms with Crippen molar-refractivity contribution in [1.82, 2.24) is 5.32 Å². The molecule has 2 N–H and O–H groups in total. The molecule has 0 aromatic heterocycles. The summed E-state index contributed by atoms with van der Waals surface area (Å²) in [6, 6.07) is 7.52. The van der Waals surface area contributed by atoms with Gasteiger partial charge in [0.2, 0.25) is 5.91 Å². The first kappa shape index (κ1) is 15.0. The van der Waals surface area contributed by atoms with Crippen molar-refractivity contribution < 1.29 is 19.4 Å². The minimum absolute atomic E-state index is 0.153. The van der Waals surface area contributed by atoms with Crippen LogP contribution >= 0.6 is 0 Å². The molecule has 0 heterocycles. The molecule has 19 heavy (non-hydrogen) atoms. The third-order valence-electron chi connectivity index (χ3n) is 2.84. The molecule has 1 aromatic carbocycles. The summed E-state index contributed by atoms with van der Waals surface area (Å²) in [5, 5.41) is 11.3. The number of carboxylic acid groups (broad SMARTS) is 1. The first-order valence-electron chi connectivity index (χ1n) is 6.16. The zero-order valence-corrected chi connectivity index (χ0v) is 11.2. The van der Waals surface area contributed by atoms with Gasteiger partial charge in [0.25, 0.3) is 0 Å². The van der Waals surface area contributed by atoms with Gasteiger partial charge < -0.3 is 15.2 Å². The molecule has 104 valence electrons. The fourth-order valence-electron chi connectivity index (χ4n) is 1.60. The van der Waals surface area contributed by atoms with Crippen LogP contribution in [0.1, 0.15) is 18.9 Å². The Labute approximate surface area is 112 Å². The van der Waals surface area contributed by atoms with Crippen molar-refractivity contribution >= 4 is 11.9 Å². The van der Waals surface area contributed by atoms with Gasteiger partial charge in [-0.15, -0.1) is 0 Å². The Morgan fingerprint density at radius 1 is 1.37 bits per heavy atom. The summed E-state index contributed by atoms with van der Waals surface area (Å²) in [7, 11) is 1.59. The van der Waals surface area contributed by atoms with Crippen LogP contribution in [-0.4, -0.2) is 30.6 Å². The van der Waals surface area contributed by atoms with E-state index in [0.717, 1.165) is 11.3 Å². The van der Waals surface area contributed by atoms with Crippen LogP contribution in [0.3, 0.4) is 0 Å². The fourth-order valence-corrected chi connectivity index (χ4v) is 1.60. The number of carbonyl (C=O) groups is 2. The number of carbonyl (C=O) groups excluding carboxylic acids is 1. The highest BCUT2D eigenvalue weighted by molar-refractivity contribution is 5.77. The van der Waals surface area contributed by atoms with Crippen LogP contribution in [-0.2, 0) is 16.0 Å². The van der Waals surface area contributed by atoms with Crippen LogP contribution in [0.4, 0.5) is 0 Å². The van der Waals surface area contributed by atoms with E-state index in [0.29, 0.717) is 12.8 Å². The van der Waals surface area contributed by atoms with E-state index in [4.69, 9.17) is 9.84 Å². The molecule has 1 aromatic rings. The standard InChI is InChI=1S/C14H19NO4/c1-10(14(17)18)9-15-13(16)8-7-11-5-3-4-6-12(11)19-2/h3-6,10H,7-9H2,1-2H3,(H,15,16)(H,17,18). The normalized spacial score (nSPS) is 11.7. The summed E-state index contributed by atoms with van der Waals surface area (Å²) >= 11 is 0. The highest BCUT2D eigenvalue weighted by Crippen LogP contribution is 2.18. The highest BCUT2D eigenvalue weighted by atomic mass is 16.5. The molecule has 0 fully saturated rings. The molecular weight excluding hydrogens is 246 g/mol. The van der Waals surface area contributed by atoms with Crippen molar-refractivity contribution in [3.05, 3.63) is 29.8 Å². The number of ether oxygens (including phenoxy) is 1. The van der Waals surface area contributed by atoms with Gasteiger partial charge in [-0.3, -0.25) is 9.59 Å². The summed E-state index contributed by atoms with van der Waals surface area (Å²) in [6.45, 7) is 1.71. The minimum atomic E-state index is -0.912. The number of rotatable bonds is 7. The Bertz CT molecular complexity index is 445. The van der Waals surface area contributed by atoms with Crippen molar-refractivity contribution in [1.29, 1.82) is 0 Å². The van der Waals surface area contributed by atoms with Gasteiger partial charge in [-0.25, -0.2) is 0 Å². The molecule has 0 radical (unpaired) electrons. The smallest absolute Gasteiger partial charge is 0.308 e. The third-order valence-corrected chi connectivity index (χ3v) is 2.84. The van der Waals surface area contributed by atoms with Crippen molar-refractivity contribution in [3.8, 4) is 5.75 Å². The largest absolute Gasteiger partial charge is 0.496 e. The lowest BCUT2D eigenvalue weighted by Gasteiger charge is -2.10. The topological polar surface area (TPSA) is 75.6 Å². The monoisotopic (exact) mass is 265 g/mol. The molecule has 1 amide bonds. The number of hydrogen-bond donors (Lipinski definition) is 2. The predicted molar refractivity (Wildman–Crippen MR) is 71.1 cm³/mol. The number of hydrogen-bond acceptors (Lipinski definition) is 3. The van der Waals surface area contributed by atoms with E-state index in [-0.39, 0.29) is 12.5 Å². The second kappa shape index (κ2) is 7.41. The van der Waals surface area contributed by atoms with Gasteiger partial charge in [0.15, 0.2) is 0 Å². The highest BCUT2D eigenvalue weighted by Gasteiger charge is 2.12. The molecular formula is C14H19NO4. The molecule has 0 aliphatic heterocycles. The molecule has 1 rings (SSSR count). The Hall–Kier alpha value is -2.04. The van der Waals surface area contributed by atoms with E-state index in [1.54, 1.807) is 14.0 Å². The van der Waals surface area contributed by atoms with Crippen LogP contribution in [0.15, 0.2) is 24.3 Å². The van der Waals surface area contributed by atoms with Gasteiger partial charge in [-0.2, -0.15) is 0 Å². The maximum atomic E-state index is 11.6. The maximum Gasteiger partial charge on any atom is 0.308 e. The summed E-state index contributed by atoms with van der Waals surface area (Å²) in [5.41, 5.74) is 0.964. The van der Waals surface area contributed by atoms with E-state index in [2.05, 4.69) is 5.32 Å².